The molecule has 0 aliphatic rings. The Hall–Kier alpha value is -2.53. The summed E-state index contributed by atoms with van der Waals surface area (Å²) in [5, 5.41) is 22.6. The van der Waals surface area contributed by atoms with Crippen molar-refractivity contribution < 1.29 is 4.79 Å². The number of nitrogens with one attached hydrogen (secondary N) is 2. The van der Waals surface area contributed by atoms with E-state index in [4.69, 9.17) is 10.5 Å². The number of carbonyl (C=O) groups is 1. The maximum atomic E-state index is 11.2. The Labute approximate surface area is 93.3 Å². The monoisotopic (exact) mass is 214 g/mol. The predicted octanol–water partition coefficient (Wildman–Crippen LogP) is 1.57. The van der Waals surface area contributed by atoms with Crippen molar-refractivity contribution in [2.45, 2.75) is 6.92 Å². The van der Waals surface area contributed by atoms with Crippen LogP contribution in [0.15, 0.2) is 18.2 Å². The van der Waals surface area contributed by atoms with E-state index in [0.29, 0.717) is 17.8 Å². The van der Waals surface area contributed by atoms with Gasteiger partial charge in [-0.05, 0) is 25.1 Å². The number of carbonyl (C=O) groups excluding carboxylic acids is 1. The van der Waals surface area contributed by atoms with Gasteiger partial charge in [-0.1, -0.05) is 0 Å². The Morgan fingerprint density at radius 2 is 2.00 bits per heavy atom. The molecule has 0 bridgehead atoms. The molecule has 0 radical (unpaired) electrons. The molecule has 0 unspecified atom stereocenters. The Morgan fingerprint density at radius 3 is 2.56 bits per heavy atom. The van der Waals surface area contributed by atoms with Crippen molar-refractivity contribution >= 4 is 11.7 Å². The number of amides is 2. The van der Waals surface area contributed by atoms with E-state index in [1.807, 2.05) is 12.1 Å². The van der Waals surface area contributed by atoms with Crippen LogP contribution in [0.3, 0.4) is 0 Å². The van der Waals surface area contributed by atoms with Crippen LogP contribution in [0.5, 0.6) is 0 Å². The van der Waals surface area contributed by atoms with Gasteiger partial charge in [0.15, 0.2) is 0 Å². The van der Waals surface area contributed by atoms with Gasteiger partial charge in [-0.25, -0.2) is 4.79 Å². The van der Waals surface area contributed by atoms with Crippen LogP contribution < -0.4 is 10.6 Å². The fourth-order valence-corrected chi connectivity index (χ4v) is 1.15. The van der Waals surface area contributed by atoms with Gasteiger partial charge in [0.05, 0.1) is 11.1 Å². The third-order valence-electron chi connectivity index (χ3n) is 1.86. The molecule has 1 aromatic carbocycles. The highest BCUT2D eigenvalue weighted by Crippen LogP contribution is 2.14. The molecule has 0 saturated heterocycles. The third kappa shape index (κ3) is 2.73. The van der Waals surface area contributed by atoms with Gasteiger partial charge in [0, 0.05) is 12.2 Å². The molecule has 0 saturated carbocycles. The minimum Gasteiger partial charge on any atom is -0.338 e. The lowest BCUT2D eigenvalue weighted by Crippen LogP contribution is -2.28. The van der Waals surface area contributed by atoms with Crippen molar-refractivity contribution in [1.82, 2.24) is 5.32 Å². The molecule has 0 fully saturated rings. The smallest absolute Gasteiger partial charge is 0.319 e. The number of hydrogen-bond acceptors (Lipinski definition) is 3. The largest absolute Gasteiger partial charge is 0.338 e. The van der Waals surface area contributed by atoms with Gasteiger partial charge in [0.1, 0.15) is 12.1 Å². The molecule has 0 spiro atoms. The zero-order chi connectivity index (χ0) is 12.0. The van der Waals surface area contributed by atoms with E-state index in [0.717, 1.165) is 0 Å². The lowest BCUT2D eigenvalue weighted by Gasteiger charge is -2.06. The van der Waals surface area contributed by atoms with E-state index < -0.39 is 0 Å². The molecular weight excluding hydrogens is 204 g/mol. The van der Waals surface area contributed by atoms with Crippen LogP contribution in [0.1, 0.15) is 18.1 Å². The maximum absolute atomic E-state index is 11.2. The SMILES string of the molecule is CCNC(=O)Nc1ccc(C#N)c(C#N)c1. The molecule has 5 heteroatoms. The van der Waals surface area contributed by atoms with Gasteiger partial charge in [0.25, 0.3) is 0 Å². The molecule has 1 rings (SSSR count). The molecule has 0 heterocycles. The average molecular weight is 214 g/mol. The summed E-state index contributed by atoms with van der Waals surface area (Å²) in [5.41, 5.74) is 1.03. The quantitative estimate of drug-likeness (QED) is 0.783. The molecule has 0 aliphatic heterocycles. The molecular formula is C11H10N4O. The number of rotatable bonds is 2. The normalized spacial score (nSPS) is 8.69. The van der Waals surface area contributed by atoms with Crippen LogP contribution in [0.25, 0.3) is 0 Å². The number of hydrogen-bond donors (Lipinski definition) is 2. The number of nitriles is 2. The molecule has 16 heavy (non-hydrogen) atoms. The van der Waals surface area contributed by atoms with Crippen molar-refractivity contribution in [1.29, 1.82) is 10.5 Å². The molecule has 0 aliphatic carbocycles. The fraction of sp³-hybridized carbons (Fsp3) is 0.182. The van der Waals surface area contributed by atoms with Gasteiger partial charge >= 0.3 is 6.03 Å². The van der Waals surface area contributed by atoms with E-state index in [1.54, 1.807) is 13.0 Å². The van der Waals surface area contributed by atoms with E-state index in [9.17, 15) is 4.79 Å². The highest BCUT2D eigenvalue weighted by molar-refractivity contribution is 5.89. The summed E-state index contributed by atoms with van der Waals surface area (Å²) in [7, 11) is 0. The second kappa shape index (κ2) is 5.38. The third-order valence-corrected chi connectivity index (χ3v) is 1.86. The van der Waals surface area contributed by atoms with E-state index >= 15 is 0 Å². The molecule has 5 nitrogen and oxygen atoms in total. The zero-order valence-electron chi connectivity index (χ0n) is 8.74. The summed E-state index contributed by atoms with van der Waals surface area (Å²) >= 11 is 0. The Morgan fingerprint density at radius 1 is 1.31 bits per heavy atom. The van der Waals surface area contributed by atoms with Crippen molar-refractivity contribution in [3.05, 3.63) is 29.3 Å². The first-order valence-corrected chi connectivity index (χ1v) is 4.70. The Kier molecular flexibility index (Phi) is 3.88. The number of urea groups is 1. The first kappa shape index (κ1) is 11.5. The van der Waals surface area contributed by atoms with Crippen LogP contribution in [0.4, 0.5) is 10.5 Å². The second-order valence-electron chi connectivity index (χ2n) is 2.97. The topological polar surface area (TPSA) is 88.7 Å². The van der Waals surface area contributed by atoms with Crippen molar-refractivity contribution in [3.8, 4) is 12.1 Å². The molecule has 2 amide bonds. The molecule has 0 atom stereocenters. The molecule has 80 valence electrons. The van der Waals surface area contributed by atoms with Crippen LogP contribution >= 0.6 is 0 Å². The number of nitrogens with zero attached hydrogens (tertiary/aromatic N) is 2. The maximum Gasteiger partial charge on any atom is 0.319 e. The first-order valence-electron chi connectivity index (χ1n) is 4.70. The van der Waals surface area contributed by atoms with Crippen molar-refractivity contribution in [2.24, 2.45) is 0 Å². The van der Waals surface area contributed by atoms with Crippen LogP contribution in [0, 0.1) is 22.7 Å². The van der Waals surface area contributed by atoms with Crippen LogP contribution in [-0.2, 0) is 0 Å². The minimum atomic E-state index is -0.337. The summed E-state index contributed by atoms with van der Waals surface area (Å²) in [5.74, 6) is 0. The van der Waals surface area contributed by atoms with Crippen LogP contribution in [-0.4, -0.2) is 12.6 Å². The highest BCUT2D eigenvalue weighted by atomic mass is 16.2. The Balaban J connectivity index is 2.89. The fourth-order valence-electron chi connectivity index (χ4n) is 1.15. The van der Waals surface area contributed by atoms with Gasteiger partial charge in [0.2, 0.25) is 0 Å². The Bertz CT molecular complexity index is 482. The second-order valence-corrected chi connectivity index (χ2v) is 2.97. The summed E-state index contributed by atoms with van der Waals surface area (Å²) in [6.45, 7) is 2.33. The highest BCUT2D eigenvalue weighted by Gasteiger charge is 2.04. The van der Waals surface area contributed by atoms with Crippen molar-refractivity contribution in [3.63, 3.8) is 0 Å². The number of benzene rings is 1. The standard InChI is InChI=1S/C11H10N4O/c1-2-14-11(16)15-10-4-3-8(6-12)9(5-10)7-13/h3-5H,2H2,1H3,(H2,14,15,16). The van der Waals surface area contributed by atoms with Gasteiger partial charge in [-0.15, -0.1) is 0 Å². The molecule has 1 aromatic rings. The van der Waals surface area contributed by atoms with Gasteiger partial charge in [-0.2, -0.15) is 10.5 Å². The van der Waals surface area contributed by atoms with E-state index in [1.165, 1.54) is 12.1 Å². The predicted molar refractivity (Wildman–Crippen MR) is 58.6 cm³/mol. The van der Waals surface area contributed by atoms with E-state index in [-0.39, 0.29) is 11.6 Å². The van der Waals surface area contributed by atoms with E-state index in [2.05, 4.69) is 10.6 Å². The average Bonchev–Trinajstić information content (AvgIpc) is 2.29. The summed E-state index contributed by atoms with van der Waals surface area (Å²) in [6.07, 6.45) is 0. The first-order chi connectivity index (χ1) is 7.71. The summed E-state index contributed by atoms with van der Waals surface area (Å²) in [6, 6.07) is 8.01. The summed E-state index contributed by atoms with van der Waals surface area (Å²) in [4.78, 5) is 11.2. The minimum absolute atomic E-state index is 0.247. The lowest BCUT2D eigenvalue weighted by molar-refractivity contribution is 0.252. The zero-order valence-corrected chi connectivity index (χ0v) is 8.74. The number of anilines is 1. The van der Waals surface area contributed by atoms with Gasteiger partial charge in [-0.3, -0.25) is 0 Å². The van der Waals surface area contributed by atoms with Crippen LogP contribution in [0.2, 0.25) is 0 Å². The summed E-state index contributed by atoms with van der Waals surface area (Å²) < 4.78 is 0. The lowest BCUT2D eigenvalue weighted by atomic mass is 10.1. The van der Waals surface area contributed by atoms with Crippen molar-refractivity contribution in [2.75, 3.05) is 11.9 Å². The van der Waals surface area contributed by atoms with Gasteiger partial charge < -0.3 is 10.6 Å². The molecule has 2 N–H and O–H groups in total. The molecule has 0 aromatic heterocycles.